The van der Waals surface area contributed by atoms with E-state index in [1.807, 2.05) is 4.90 Å². The van der Waals surface area contributed by atoms with Gasteiger partial charge in [-0.1, -0.05) is 25.0 Å². The minimum absolute atomic E-state index is 0.0291. The number of fused-ring (bicyclic) bond motifs is 1. The van der Waals surface area contributed by atoms with E-state index in [1.54, 1.807) is 12.1 Å². The number of piperidine rings is 1. The van der Waals surface area contributed by atoms with Crippen molar-refractivity contribution in [1.82, 2.24) is 15.5 Å². The van der Waals surface area contributed by atoms with Crippen LogP contribution in [0.15, 0.2) is 24.3 Å². The molecule has 2 heterocycles. The van der Waals surface area contributed by atoms with Crippen molar-refractivity contribution in [3.63, 3.8) is 0 Å². The molecule has 1 aromatic carbocycles. The Labute approximate surface area is 166 Å². The summed E-state index contributed by atoms with van der Waals surface area (Å²) in [5.41, 5.74) is 0.885. The van der Waals surface area contributed by atoms with Gasteiger partial charge in [-0.3, -0.25) is 9.59 Å². The zero-order chi connectivity index (χ0) is 19.5. The van der Waals surface area contributed by atoms with E-state index >= 15 is 0 Å². The maximum Gasteiger partial charge on any atom is 0.239 e. The number of nitrogens with one attached hydrogen (secondary N) is 2. The van der Waals surface area contributed by atoms with Crippen molar-refractivity contribution in [2.24, 2.45) is 11.8 Å². The molecule has 2 N–H and O–H groups in total. The molecule has 6 heteroatoms. The lowest BCUT2D eigenvalue weighted by Gasteiger charge is -2.33. The average Bonchev–Trinajstić information content (AvgIpc) is 3.17. The molecule has 5 nitrogen and oxygen atoms in total. The fraction of sp³-hybridized carbons (Fsp3) is 0.636. The predicted molar refractivity (Wildman–Crippen MR) is 105 cm³/mol. The fourth-order valence-corrected chi connectivity index (χ4v) is 5.03. The Morgan fingerprint density at radius 3 is 2.50 bits per heavy atom. The van der Waals surface area contributed by atoms with E-state index in [0.717, 1.165) is 12.0 Å². The van der Waals surface area contributed by atoms with Crippen LogP contribution in [-0.4, -0.2) is 41.9 Å². The molecule has 3 fully saturated rings. The third kappa shape index (κ3) is 4.37. The summed E-state index contributed by atoms with van der Waals surface area (Å²) in [7, 11) is 0. The van der Waals surface area contributed by atoms with Crippen LogP contribution in [0.2, 0.25) is 0 Å². The highest BCUT2D eigenvalue weighted by atomic mass is 19.1. The van der Waals surface area contributed by atoms with Gasteiger partial charge in [-0.05, 0) is 55.7 Å². The van der Waals surface area contributed by atoms with Crippen molar-refractivity contribution in [3.8, 4) is 0 Å². The van der Waals surface area contributed by atoms with Crippen molar-refractivity contribution >= 4 is 11.8 Å². The molecule has 3 unspecified atom stereocenters. The number of carbonyl (C=O) groups excluding carboxylic acids is 2. The third-order valence-electron chi connectivity index (χ3n) is 6.72. The normalized spacial score (nSPS) is 28.0. The number of likely N-dealkylation sites (tertiary alicyclic amines) is 1. The van der Waals surface area contributed by atoms with Gasteiger partial charge in [0.05, 0.1) is 6.04 Å². The summed E-state index contributed by atoms with van der Waals surface area (Å²) in [6.07, 6.45) is 7.40. The summed E-state index contributed by atoms with van der Waals surface area (Å²) in [4.78, 5) is 27.3. The highest BCUT2D eigenvalue weighted by Gasteiger charge is 2.40. The molecular weight excluding hydrogens is 357 g/mol. The summed E-state index contributed by atoms with van der Waals surface area (Å²) in [5, 5.41) is 6.51. The summed E-state index contributed by atoms with van der Waals surface area (Å²) >= 11 is 0. The lowest BCUT2D eigenvalue weighted by molar-refractivity contribution is -0.137. The van der Waals surface area contributed by atoms with E-state index in [4.69, 9.17) is 0 Å². The van der Waals surface area contributed by atoms with E-state index in [-0.39, 0.29) is 29.6 Å². The van der Waals surface area contributed by atoms with Crippen molar-refractivity contribution in [3.05, 3.63) is 35.6 Å². The molecule has 4 rings (SSSR count). The van der Waals surface area contributed by atoms with Crippen LogP contribution in [0.5, 0.6) is 0 Å². The van der Waals surface area contributed by atoms with Gasteiger partial charge in [0.25, 0.3) is 0 Å². The minimum atomic E-state index is -0.275. The Bertz CT molecular complexity index is 686. The Hall–Kier alpha value is -1.95. The molecule has 28 heavy (non-hydrogen) atoms. The van der Waals surface area contributed by atoms with Crippen molar-refractivity contribution in [2.75, 3.05) is 13.1 Å². The molecule has 3 aliphatic rings. The molecule has 2 aliphatic heterocycles. The summed E-state index contributed by atoms with van der Waals surface area (Å²) < 4.78 is 13.0. The molecule has 0 aromatic heterocycles. The number of carbonyl (C=O) groups is 2. The van der Waals surface area contributed by atoms with Crippen LogP contribution in [0.25, 0.3) is 0 Å². The maximum atomic E-state index is 13.0. The summed E-state index contributed by atoms with van der Waals surface area (Å²) in [5.74, 6) is 0.588. The van der Waals surface area contributed by atoms with Gasteiger partial charge < -0.3 is 15.5 Å². The second kappa shape index (κ2) is 8.60. The van der Waals surface area contributed by atoms with E-state index in [2.05, 4.69) is 10.6 Å². The maximum absolute atomic E-state index is 13.0. The zero-order valence-corrected chi connectivity index (χ0v) is 16.3. The van der Waals surface area contributed by atoms with Gasteiger partial charge in [0.1, 0.15) is 5.82 Å². The smallest absolute Gasteiger partial charge is 0.239 e. The summed E-state index contributed by atoms with van der Waals surface area (Å²) in [6.45, 7) is 1.72. The SMILES string of the molecule is O=C(NCc1ccc(F)cc1)C1CCN(C(=O)C2CC3CCCCC3N2)CC1. The molecule has 0 radical (unpaired) electrons. The van der Waals surface area contributed by atoms with E-state index in [9.17, 15) is 14.0 Å². The molecule has 2 amide bonds. The molecule has 2 saturated heterocycles. The first-order chi connectivity index (χ1) is 13.6. The molecule has 1 saturated carbocycles. The van der Waals surface area contributed by atoms with Gasteiger partial charge in [-0.15, -0.1) is 0 Å². The largest absolute Gasteiger partial charge is 0.352 e. The number of rotatable bonds is 4. The standard InChI is InChI=1S/C22H30FN3O2/c23-18-7-5-15(6-8-18)14-24-21(27)16-9-11-26(12-10-16)22(28)20-13-17-3-1-2-4-19(17)25-20/h5-8,16-17,19-20,25H,1-4,9-14H2,(H,24,27). The van der Waals surface area contributed by atoms with Crippen molar-refractivity contribution in [1.29, 1.82) is 0 Å². The van der Waals surface area contributed by atoms with Gasteiger partial charge in [0, 0.05) is 31.6 Å². The summed E-state index contributed by atoms with van der Waals surface area (Å²) in [6, 6.07) is 6.67. The molecular formula is C22H30FN3O2. The highest BCUT2D eigenvalue weighted by molar-refractivity contribution is 5.83. The lowest BCUT2D eigenvalue weighted by Crippen LogP contribution is -2.49. The second-order valence-corrected chi connectivity index (χ2v) is 8.55. The van der Waals surface area contributed by atoms with E-state index in [1.165, 1.54) is 37.8 Å². The number of hydrogen-bond acceptors (Lipinski definition) is 3. The quantitative estimate of drug-likeness (QED) is 0.835. The lowest BCUT2D eigenvalue weighted by atomic mass is 9.85. The molecule has 152 valence electrons. The third-order valence-corrected chi connectivity index (χ3v) is 6.72. The minimum Gasteiger partial charge on any atom is -0.352 e. The molecule has 3 atom stereocenters. The Morgan fingerprint density at radius 1 is 1.07 bits per heavy atom. The molecule has 0 bridgehead atoms. The number of benzene rings is 1. The van der Waals surface area contributed by atoms with Crippen molar-refractivity contribution < 1.29 is 14.0 Å². The van der Waals surface area contributed by atoms with Crippen LogP contribution in [0.1, 0.15) is 50.5 Å². The van der Waals surface area contributed by atoms with Crippen LogP contribution in [-0.2, 0) is 16.1 Å². The fourth-order valence-electron chi connectivity index (χ4n) is 5.03. The first kappa shape index (κ1) is 19.4. The van der Waals surface area contributed by atoms with Gasteiger partial charge in [0.2, 0.25) is 11.8 Å². The Balaban J connectivity index is 1.22. The number of amides is 2. The van der Waals surface area contributed by atoms with Gasteiger partial charge in [0.15, 0.2) is 0 Å². The topological polar surface area (TPSA) is 61.4 Å². The first-order valence-corrected chi connectivity index (χ1v) is 10.7. The Kier molecular flexibility index (Phi) is 5.95. The van der Waals surface area contributed by atoms with E-state index < -0.39 is 0 Å². The van der Waals surface area contributed by atoms with Gasteiger partial charge in [-0.2, -0.15) is 0 Å². The van der Waals surface area contributed by atoms with Crippen LogP contribution in [0.4, 0.5) is 4.39 Å². The number of hydrogen-bond donors (Lipinski definition) is 2. The molecule has 0 spiro atoms. The average molecular weight is 387 g/mol. The van der Waals surface area contributed by atoms with Crippen LogP contribution in [0.3, 0.4) is 0 Å². The second-order valence-electron chi connectivity index (χ2n) is 8.55. The first-order valence-electron chi connectivity index (χ1n) is 10.7. The number of nitrogens with zero attached hydrogens (tertiary/aromatic N) is 1. The number of halogens is 1. The van der Waals surface area contributed by atoms with Crippen LogP contribution >= 0.6 is 0 Å². The van der Waals surface area contributed by atoms with Gasteiger partial charge >= 0.3 is 0 Å². The van der Waals surface area contributed by atoms with Crippen LogP contribution in [0, 0.1) is 17.7 Å². The molecule has 1 aliphatic carbocycles. The monoisotopic (exact) mass is 387 g/mol. The zero-order valence-electron chi connectivity index (χ0n) is 16.3. The van der Waals surface area contributed by atoms with Gasteiger partial charge in [-0.25, -0.2) is 4.39 Å². The molecule has 1 aromatic rings. The Morgan fingerprint density at radius 2 is 1.79 bits per heavy atom. The van der Waals surface area contributed by atoms with E-state index in [0.29, 0.717) is 44.4 Å². The predicted octanol–water partition coefficient (Wildman–Crippen LogP) is 2.60. The van der Waals surface area contributed by atoms with Crippen molar-refractivity contribution in [2.45, 2.75) is 63.6 Å². The highest BCUT2D eigenvalue weighted by Crippen LogP contribution is 2.34. The van der Waals surface area contributed by atoms with Crippen LogP contribution < -0.4 is 10.6 Å².